The van der Waals surface area contributed by atoms with Crippen LogP contribution in [-0.2, 0) is 33.3 Å². The zero-order valence-corrected chi connectivity index (χ0v) is 47.5. The van der Waals surface area contributed by atoms with E-state index in [4.69, 9.17) is 18.9 Å². The lowest BCUT2D eigenvalue weighted by Gasteiger charge is -2.25. The maximum absolute atomic E-state index is 12.9. The molecule has 0 radical (unpaired) electrons. The lowest BCUT2D eigenvalue weighted by molar-refractivity contribution is -0.870. The van der Waals surface area contributed by atoms with Gasteiger partial charge in [0.15, 0.2) is 6.10 Å². The highest BCUT2D eigenvalue weighted by Gasteiger charge is 2.25. The minimum atomic E-state index is -1.52. The van der Waals surface area contributed by atoms with Crippen molar-refractivity contribution in [1.82, 2.24) is 0 Å². The molecule has 0 amide bonds. The molecule has 0 heterocycles. The van der Waals surface area contributed by atoms with Crippen molar-refractivity contribution >= 4 is 17.9 Å². The number of carbonyl (C=O) groups is 3. The summed E-state index contributed by atoms with van der Waals surface area (Å²) in [5.41, 5.74) is 0. The van der Waals surface area contributed by atoms with Gasteiger partial charge in [0.05, 0.1) is 34.4 Å². The van der Waals surface area contributed by atoms with Gasteiger partial charge in [-0.2, -0.15) is 0 Å². The van der Waals surface area contributed by atoms with Crippen LogP contribution in [0.3, 0.4) is 0 Å². The van der Waals surface area contributed by atoms with E-state index in [9.17, 15) is 19.5 Å². The highest BCUT2D eigenvalue weighted by Crippen LogP contribution is 2.16. The first-order valence-corrected chi connectivity index (χ1v) is 29.4. The molecule has 2 atom stereocenters. The number of carboxylic acids is 1. The fraction of sp³-hybridized carbons (Fsp3) is 0.703. The first kappa shape index (κ1) is 69.2. The maximum Gasteiger partial charge on any atom is 0.361 e. The third kappa shape index (κ3) is 55.8. The van der Waals surface area contributed by atoms with Crippen LogP contribution in [0.1, 0.15) is 232 Å². The molecule has 0 spiro atoms. The second-order valence-electron chi connectivity index (χ2n) is 20.6. The Balaban J connectivity index is 4.23. The van der Waals surface area contributed by atoms with Crippen molar-refractivity contribution in [2.45, 2.75) is 245 Å². The Morgan fingerprint density at radius 2 is 0.781 bits per heavy atom. The lowest BCUT2D eigenvalue weighted by Crippen LogP contribution is -2.40. The number of carboxylic acid groups (broad SMARTS) is 1. The number of quaternary nitrogens is 1. The van der Waals surface area contributed by atoms with Gasteiger partial charge in [0.25, 0.3) is 6.29 Å². The van der Waals surface area contributed by atoms with Crippen molar-refractivity contribution in [3.63, 3.8) is 0 Å². The number of aliphatic carboxylic acids is 1. The van der Waals surface area contributed by atoms with E-state index in [-0.39, 0.29) is 32.2 Å². The molecule has 0 saturated carbocycles. The summed E-state index contributed by atoms with van der Waals surface area (Å²) in [7, 11) is 5.96. The van der Waals surface area contributed by atoms with Crippen LogP contribution in [0.5, 0.6) is 0 Å². The summed E-state index contributed by atoms with van der Waals surface area (Å²) in [5, 5.41) is 9.70. The Labute approximate surface area is 448 Å². The third-order valence-corrected chi connectivity index (χ3v) is 12.4. The zero-order valence-electron chi connectivity index (χ0n) is 47.5. The van der Waals surface area contributed by atoms with Crippen LogP contribution in [0.2, 0.25) is 0 Å². The van der Waals surface area contributed by atoms with Crippen molar-refractivity contribution in [3.05, 3.63) is 97.2 Å². The highest BCUT2D eigenvalue weighted by molar-refractivity contribution is 5.71. The van der Waals surface area contributed by atoms with Crippen LogP contribution >= 0.6 is 0 Å². The summed E-state index contributed by atoms with van der Waals surface area (Å²) in [4.78, 5) is 37.4. The second-order valence-corrected chi connectivity index (χ2v) is 20.6. The largest absolute Gasteiger partial charge is 0.477 e. The number of hydrogen-bond donors (Lipinski definition) is 1. The van der Waals surface area contributed by atoms with Gasteiger partial charge in [-0.25, -0.2) is 4.79 Å². The molecule has 0 aromatic rings. The second kappa shape index (κ2) is 54.5. The Bertz CT molecular complexity index is 1520. The number of rotatable bonds is 53. The van der Waals surface area contributed by atoms with Crippen molar-refractivity contribution in [1.29, 1.82) is 0 Å². The molecule has 0 bridgehead atoms. The minimum absolute atomic E-state index is 0.183. The molecule has 0 aliphatic heterocycles. The van der Waals surface area contributed by atoms with Gasteiger partial charge in [0.1, 0.15) is 13.2 Å². The number of esters is 2. The summed E-state index contributed by atoms with van der Waals surface area (Å²) in [6.45, 7) is 4.76. The molecule has 73 heavy (non-hydrogen) atoms. The van der Waals surface area contributed by atoms with Gasteiger partial charge in [-0.05, 0) is 77.0 Å². The van der Waals surface area contributed by atoms with Gasteiger partial charge in [-0.15, -0.1) is 0 Å². The summed E-state index contributed by atoms with van der Waals surface area (Å²) in [6.07, 6.45) is 70.5. The number of carbonyl (C=O) groups excluding carboxylic acids is 2. The van der Waals surface area contributed by atoms with E-state index in [2.05, 4.69) is 111 Å². The quantitative estimate of drug-likeness (QED) is 0.0211. The first-order chi connectivity index (χ1) is 35.6. The van der Waals surface area contributed by atoms with Gasteiger partial charge in [0, 0.05) is 12.8 Å². The van der Waals surface area contributed by atoms with Crippen LogP contribution in [0.4, 0.5) is 0 Å². The summed E-state index contributed by atoms with van der Waals surface area (Å²) in [6, 6.07) is 0. The Hall–Kier alpha value is -3.79. The molecule has 0 fully saturated rings. The van der Waals surface area contributed by atoms with Gasteiger partial charge in [-0.3, -0.25) is 9.59 Å². The predicted octanol–water partition coefficient (Wildman–Crippen LogP) is 17.3. The van der Waals surface area contributed by atoms with E-state index in [1.807, 2.05) is 21.1 Å². The summed E-state index contributed by atoms with van der Waals surface area (Å²) in [5.74, 6) is -2.02. The molecule has 9 nitrogen and oxygen atoms in total. The zero-order chi connectivity index (χ0) is 53.4. The normalized spacial score (nSPS) is 13.5. The number of hydrogen-bond acceptors (Lipinski definition) is 7. The van der Waals surface area contributed by atoms with E-state index in [1.54, 1.807) is 0 Å². The molecule has 0 rings (SSSR count). The van der Waals surface area contributed by atoms with Crippen LogP contribution in [0, 0.1) is 0 Å². The third-order valence-electron chi connectivity index (χ3n) is 12.4. The minimum Gasteiger partial charge on any atom is -0.477 e. The van der Waals surface area contributed by atoms with Crippen molar-refractivity contribution < 1.29 is 42.9 Å². The van der Waals surface area contributed by atoms with E-state index >= 15 is 0 Å². The standard InChI is InChI=1S/C64H109NO8/c1-6-8-10-12-14-16-18-20-22-23-24-25-26-27-28-29-30-31-32-33-34-35-36-37-38-39-41-43-45-47-49-51-53-55-62(67)73-60(59-72-64(63(68)69)70-57-56-65(3,4)5)58-71-61(66)54-52-50-48-46-44-42-40-21-19-17-15-13-11-9-7-2/h8,10,14,16,20,22,24-25,27-28,30-31,33-34,36-37,60,64H,6-7,9,11-13,15,17-19,21,23,26,29,32,35,38-59H2,1-5H3/p+1/b10-8-,16-14-,22-20-,25-24-,28-27-,31-30-,34-33-,37-36-. The predicted molar refractivity (Wildman–Crippen MR) is 309 cm³/mol. The molecule has 0 saturated heterocycles. The average Bonchev–Trinajstić information content (AvgIpc) is 3.36. The SMILES string of the molecule is CC/C=C\C/C=C\C/C=C\C/C=C\C/C=C\C/C=C\C/C=C\C/C=C\CCCCCCCCCCC(=O)OC(COC(=O)CCCCCCCCCCCCCCCCC)COC(OCC[N+](C)(C)C)C(=O)O. The number of nitrogens with zero attached hydrogens (tertiary/aromatic N) is 1. The topological polar surface area (TPSA) is 108 Å². The molecule has 0 aromatic carbocycles. The van der Waals surface area contributed by atoms with E-state index in [1.165, 1.54) is 103 Å². The van der Waals surface area contributed by atoms with Gasteiger partial charge in [0.2, 0.25) is 0 Å². The summed E-state index contributed by atoms with van der Waals surface area (Å²) < 4.78 is 22.9. The molecular weight excluding hydrogens is 911 g/mol. The molecule has 0 aliphatic carbocycles. The Kier molecular flexibility index (Phi) is 51.6. The van der Waals surface area contributed by atoms with Crippen LogP contribution in [0.15, 0.2) is 97.2 Å². The van der Waals surface area contributed by atoms with Gasteiger partial charge in [-0.1, -0.05) is 239 Å². The number of likely N-dealkylation sites (N-methyl/N-ethyl adjacent to an activating group) is 1. The first-order valence-electron chi connectivity index (χ1n) is 29.4. The van der Waals surface area contributed by atoms with Gasteiger partial charge < -0.3 is 28.5 Å². The Morgan fingerprint density at radius 1 is 0.425 bits per heavy atom. The average molecular weight is 1020 g/mol. The van der Waals surface area contributed by atoms with E-state index in [0.29, 0.717) is 23.9 Å². The molecular formula is C64H110NO8+. The van der Waals surface area contributed by atoms with Crippen LogP contribution in [-0.4, -0.2) is 87.4 Å². The maximum atomic E-state index is 12.9. The van der Waals surface area contributed by atoms with Gasteiger partial charge >= 0.3 is 17.9 Å². The smallest absolute Gasteiger partial charge is 0.361 e. The Morgan fingerprint density at radius 3 is 1.16 bits per heavy atom. The molecule has 9 heteroatoms. The van der Waals surface area contributed by atoms with Crippen LogP contribution in [0.25, 0.3) is 0 Å². The molecule has 0 aromatic heterocycles. The van der Waals surface area contributed by atoms with Crippen molar-refractivity contribution in [3.8, 4) is 0 Å². The highest BCUT2D eigenvalue weighted by atomic mass is 16.7. The molecule has 0 aliphatic rings. The number of unbranched alkanes of at least 4 members (excludes halogenated alkanes) is 22. The molecule has 418 valence electrons. The van der Waals surface area contributed by atoms with Crippen LogP contribution < -0.4 is 0 Å². The number of allylic oxidation sites excluding steroid dienone is 16. The van der Waals surface area contributed by atoms with E-state index < -0.39 is 24.3 Å². The van der Waals surface area contributed by atoms with E-state index in [0.717, 1.165) is 96.3 Å². The monoisotopic (exact) mass is 1020 g/mol. The fourth-order valence-corrected chi connectivity index (χ4v) is 7.85. The number of ether oxygens (including phenoxy) is 4. The molecule has 1 N–H and O–H groups in total. The lowest BCUT2D eigenvalue weighted by atomic mass is 10.0. The summed E-state index contributed by atoms with van der Waals surface area (Å²) >= 11 is 0. The van der Waals surface area contributed by atoms with Crippen molar-refractivity contribution in [2.75, 3.05) is 47.5 Å². The van der Waals surface area contributed by atoms with Crippen molar-refractivity contribution in [2.24, 2.45) is 0 Å². The molecule has 2 unspecified atom stereocenters. The fourth-order valence-electron chi connectivity index (χ4n) is 7.85.